The summed E-state index contributed by atoms with van der Waals surface area (Å²) in [4.78, 5) is 45.6. The minimum atomic E-state index is -1.09. The number of nitrogens with one attached hydrogen (secondary N) is 1. The molecule has 130 valence electrons. The van der Waals surface area contributed by atoms with E-state index in [1.807, 2.05) is 0 Å². The van der Waals surface area contributed by atoms with Crippen LogP contribution in [0.1, 0.15) is 23.7 Å². The number of non-ortho nitro benzene ring substituents is 1. The van der Waals surface area contributed by atoms with Gasteiger partial charge in [0, 0.05) is 17.7 Å². The number of esters is 2. The Balaban J connectivity index is 2.91. The topological polar surface area (TPSA) is 125 Å². The smallest absolute Gasteiger partial charge is 0.328 e. The van der Waals surface area contributed by atoms with Gasteiger partial charge in [0.25, 0.3) is 11.6 Å². The van der Waals surface area contributed by atoms with Crippen molar-refractivity contribution in [3.63, 3.8) is 0 Å². The van der Waals surface area contributed by atoms with Crippen molar-refractivity contribution in [3.8, 4) is 0 Å². The maximum absolute atomic E-state index is 12.2. The van der Waals surface area contributed by atoms with E-state index in [1.54, 1.807) is 6.92 Å². The van der Waals surface area contributed by atoms with Gasteiger partial charge in [-0.05, 0) is 12.5 Å². The molecule has 1 aromatic rings. The van der Waals surface area contributed by atoms with Crippen LogP contribution in [-0.4, -0.2) is 43.0 Å². The molecule has 9 nitrogen and oxygen atoms in total. The van der Waals surface area contributed by atoms with Crippen LogP contribution in [0.2, 0.25) is 0 Å². The second kappa shape index (κ2) is 8.61. The summed E-state index contributed by atoms with van der Waals surface area (Å²) in [6, 6.07) is 3.98. The zero-order valence-corrected chi connectivity index (χ0v) is 13.5. The van der Waals surface area contributed by atoms with E-state index in [0.717, 1.165) is 13.2 Å². The Morgan fingerprint density at radius 1 is 1.21 bits per heavy atom. The van der Waals surface area contributed by atoms with E-state index in [2.05, 4.69) is 14.8 Å². The van der Waals surface area contributed by atoms with Gasteiger partial charge in [-0.25, -0.2) is 4.79 Å². The molecule has 0 saturated carbocycles. The van der Waals surface area contributed by atoms with Gasteiger partial charge in [-0.1, -0.05) is 13.0 Å². The molecule has 0 radical (unpaired) electrons. The number of rotatable bonds is 7. The Bertz CT molecular complexity index is 644. The van der Waals surface area contributed by atoms with Gasteiger partial charge in [0.15, 0.2) is 0 Å². The second-order valence-corrected chi connectivity index (χ2v) is 5.02. The molecule has 0 aliphatic rings. The largest absolute Gasteiger partial charge is 0.469 e. The molecule has 1 aromatic carbocycles. The molecule has 1 amide bonds. The maximum Gasteiger partial charge on any atom is 0.328 e. The van der Waals surface area contributed by atoms with Gasteiger partial charge in [0.2, 0.25) is 0 Å². The molecule has 0 spiro atoms. The third-order valence-electron chi connectivity index (χ3n) is 3.30. The molecular weight excluding hydrogens is 320 g/mol. The number of carbonyl (C=O) groups is 3. The van der Waals surface area contributed by atoms with Gasteiger partial charge >= 0.3 is 11.9 Å². The third kappa shape index (κ3) is 5.04. The second-order valence-electron chi connectivity index (χ2n) is 5.02. The summed E-state index contributed by atoms with van der Waals surface area (Å²) in [7, 11) is 2.37. The molecule has 9 heteroatoms. The van der Waals surface area contributed by atoms with Crippen LogP contribution in [0.15, 0.2) is 24.3 Å². The molecule has 0 bridgehead atoms. The van der Waals surface area contributed by atoms with E-state index in [9.17, 15) is 24.5 Å². The minimum Gasteiger partial charge on any atom is -0.469 e. The number of hydrogen-bond acceptors (Lipinski definition) is 7. The Hall–Kier alpha value is -2.97. The fourth-order valence-corrected chi connectivity index (χ4v) is 2.01. The molecule has 0 aliphatic heterocycles. The van der Waals surface area contributed by atoms with Crippen molar-refractivity contribution in [2.24, 2.45) is 5.92 Å². The van der Waals surface area contributed by atoms with E-state index in [-0.39, 0.29) is 17.7 Å². The van der Waals surface area contributed by atoms with Crippen LogP contribution < -0.4 is 5.32 Å². The maximum atomic E-state index is 12.2. The summed E-state index contributed by atoms with van der Waals surface area (Å²) >= 11 is 0. The van der Waals surface area contributed by atoms with Gasteiger partial charge in [-0.15, -0.1) is 0 Å². The lowest BCUT2D eigenvalue weighted by Crippen LogP contribution is -2.43. The standard InChI is InChI=1S/C15H18N2O7/c1-9(14(19)23-2)7-12(15(20)24-3)16-13(18)10-5-4-6-11(8-10)17(21)22/h4-6,8-9,12H,7H2,1-3H3,(H,16,18)/t9-,12+/m0/s1. The van der Waals surface area contributed by atoms with Gasteiger partial charge < -0.3 is 14.8 Å². The summed E-state index contributed by atoms with van der Waals surface area (Å²) in [6.07, 6.45) is -0.0278. The quantitative estimate of drug-likeness (QED) is 0.448. The van der Waals surface area contributed by atoms with Crippen molar-refractivity contribution in [2.45, 2.75) is 19.4 Å². The van der Waals surface area contributed by atoms with E-state index in [4.69, 9.17) is 0 Å². The Kier molecular flexibility index (Phi) is 6.84. The number of nitrogens with zero attached hydrogens (tertiary/aromatic N) is 1. The third-order valence-corrected chi connectivity index (χ3v) is 3.30. The molecule has 0 aromatic heterocycles. The predicted octanol–water partition coefficient (Wildman–Crippen LogP) is 1.07. The molecular formula is C15H18N2O7. The van der Waals surface area contributed by atoms with E-state index in [1.165, 1.54) is 25.3 Å². The van der Waals surface area contributed by atoms with Crippen molar-refractivity contribution >= 4 is 23.5 Å². The van der Waals surface area contributed by atoms with Gasteiger partial charge in [0.1, 0.15) is 6.04 Å². The highest BCUT2D eigenvalue weighted by atomic mass is 16.6. The molecule has 0 fully saturated rings. The van der Waals surface area contributed by atoms with Crippen molar-refractivity contribution < 1.29 is 28.8 Å². The molecule has 24 heavy (non-hydrogen) atoms. The van der Waals surface area contributed by atoms with Crippen molar-refractivity contribution in [3.05, 3.63) is 39.9 Å². The van der Waals surface area contributed by atoms with E-state index in [0.29, 0.717) is 0 Å². The molecule has 1 rings (SSSR count). The van der Waals surface area contributed by atoms with Gasteiger partial charge in [-0.2, -0.15) is 0 Å². The van der Waals surface area contributed by atoms with Crippen LogP contribution in [0.3, 0.4) is 0 Å². The van der Waals surface area contributed by atoms with Crippen molar-refractivity contribution in [1.29, 1.82) is 0 Å². The number of carbonyl (C=O) groups excluding carboxylic acids is 3. The molecule has 0 aliphatic carbocycles. The zero-order valence-electron chi connectivity index (χ0n) is 13.5. The number of nitro benzene ring substituents is 1. The van der Waals surface area contributed by atoms with Crippen LogP contribution in [0.4, 0.5) is 5.69 Å². The van der Waals surface area contributed by atoms with Crippen molar-refractivity contribution in [1.82, 2.24) is 5.32 Å². The first-order chi connectivity index (χ1) is 11.3. The molecule has 2 atom stereocenters. The summed E-state index contributed by atoms with van der Waals surface area (Å²) in [5.74, 6) is -2.60. The number of ether oxygens (including phenoxy) is 2. The lowest BCUT2D eigenvalue weighted by molar-refractivity contribution is -0.384. The summed E-state index contributed by atoms with van der Waals surface area (Å²) < 4.78 is 9.19. The summed E-state index contributed by atoms with van der Waals surface area (Å²) in [5.41, 5.74) is -0.232. The van der Waals surface area contributed by atoms with Crippen LogP contribution in [-0.2, 0) is 19.1 Å². The Morgan fingerprint density at radius 3 is 2.38 bits per heavy atom. The Morgan fingerprint density at radius 2 is 1.83 bits per heavy atom. The minimum absolute atomic E-state index is 0.0174. The number of methoxy groups -OCH3 is 2. The van der Waals surface area contributed by atoms with Gasteiger partial charge in [0.05, 0.1) is 25.1 Å². The highest BCUT2D eigenvalue weighted by Gasteiger charge is 2.28. The average Bonchev–Trinajstić information content (AvgIpc) is 2.59. The first-order valence-electron chi connectivity index (χ1n) is 7.01. The van der Waals surface area contributed by atoms with E-state index >= 15 is 0 Å². The molecule has 0 saturated heterocycles. The van der Waals surface area contributed by atoms with Crippen LogP contribution in [0.25, 0.3) is 0 Å². The lowest BCUT2D eigenvalue weighted by atomic mass is 10.0. The van der Waals surface area contributed by atoms with Crippen LogP contribution >= 0.6 is 0 Å². The molecule has 0 unspecified atom stereocenters. The average molecular weight is 338 g/mol. The normalized spacial score (nSPS) is 12.6. The fourth-order valence-electron chi connectivity index (χ4n) is 2.01. The monoisotopic (exact) mass is 338 g/mol. The highest BCUT2D eigenvalue weighted by Crippen LogP contribution is 2.14. The van der Waals surface area contributed by atoms with Crippen molar-refractivity contribution in [2.75, 3.05) is 14.2 Å². The first-order valence-corrected chi connectivity index (χ1v) is 7.01. The Labute approximate surface area is 138 Å². The van der Waals surface area contributed by atoms with E-state index < -0.39 is 34.7 Å². The number of hydrogen-bond donors (Lipinski definition) is 1. The molecule has 0 heterocycles. The summed E-state index contributed by atoms with van der Waals surface area (Å²) in [5, 5.41) is 13.2. The summed E-state index contributed by atoms with van der Waals surface area (Å²) in [6.45, 7) is 1.54. The fraction of sp³-hybridized carbons (Fsp3) is 0.400. The van der Waals surface area contributed by atoms with Gasteiger partial charge in [-0.3, -0.25) is 19.7 Å². The first kappa shape index (κ1) is 19.1. The number of nitro groups is 1. The highest BCUT2D eigenvalue weighted by molar-refractivity contribution is 5.97. The number of amides is 1. The van der Waals surface area contributed by atoms with Crippen LogP contribution in [0.5, 0.6) is 0 Å². The predicted molar refractivity (Wildman–Crippen MR) is 82.2 cm³/mol. The number of benzene rings is 1. The lowest BCUT2D eigenvalue weighted by Gasteiger charge is -2.19. The molecule has 1 N–H and O–H groups in total. The van der Waals surface area contributed by atoms with Crippen LogP contribution in [0, 0.1) is 16.0 Å². The zero-order chi connectivity index (χ0) is 18.3. The SMILES string of the molecule is COC(=O)[C@@H](C)C[C@@H](NC(=O)c1cccc([N+](=O)[O-])c1)C(=O)OC.